The van der Waals surface area contributed by atoms with Gasteiger partial charge in [0.05, 0.1) is 17.9 Å². The topological polar surface area (TPSA) is 29.3 Å². The Morgan fingerprint density at radius 3 is 2.67 bits per heavy atom. The van der Waals surface area contributed by atoms with Crippen LogP contribution in [0.1, 0.15) is 18.2 Å². The van der Waals surface area contributed by atoms with Gasteiger partial charge >= 0.3 is 0 Å². The van der Waals surface area contributed by atoms with Crippen LogP contribution in [-0.2, 0) is 6.54 Å². The van der Waals surface area contributed by atoms with E-state index in [-0.39, 0.29) is 0 Å². The molecule has 0 saturated carbocycles. The van der Waals surface area contributed by atoms with Crippen molar-refractivity contribution in [2.24, 2.45) is 0 Å². The number of nitrogen functional groups attached to an aromatic ring is 1. The van der Waals surface area contributed by atoms with Gasteiger partial charge in [0.15, 0.2) is 0 Å². The molecule has 0 amide bonds. The molecule has 4 heteroatoms. The lowest BCUT2D eigenvalue weighted by atomic mass is 10.2. The van der Waals surface area contributed by atoms with Crippen LogP contribution < -0.4 is 10.6 Å². The van der Waals surface area contributed by atoms with Gasteiger partial charge in [-0.05, 0) is 45.9 Å². The monoisotopic (exact) mass is 324 g/mol. The maximum atomic E-state index is 6.07. The van der Waals surface area contributed by atoms with Crippen LogP contribution in [0.15, 0.2) is 40.2 Å². The van der Waals surface area contributed by atoms with Gasteiger partial charge in [-0.3, -0.25) is 0 Å². The van der Waals surface area contributed by atoms with Crippen molar-refractivity contribution in [3.8, 4) is 0 Å². The van der Waals surface area contributed by atoms with Crippen LogP contribution in [-0.4, -0.2) is 6.54 Å². The SMILES string of the molecule is CCCN(Cc1sccc1Br)c1ccccc1N. The summed E-state index contributed by atoms with van der Waals surface area (Å²) in [4.78, 5) is 3.68. The fraction of sp³-hybridized carbons (Fsp3) is 0.286. The van der Waals surface area contributed by atoms with Crippen molar-refractivity contribution in [3.63, 3.8) is 0 Å². The highest BCUT2D eigenvalue weighted by Gasteiger charge is 2.11. The first-order valence-corrected chi connectivity index (χ1v) is 7.71. The second-order valence-electron chi connectivity index (χ2n) is 4.17. The minimum atomic E-state index is 0.846. The average Bonchev–Trinajstić information content (AvgIpc) is 2.75. The fourth-order valence-corrected chi connectivity index (χ4v) is 3.43. The Morgan fingerprint density at radius 2 is 2.06 bits per heavy atom. The van der Waals surface area contributed by atoms with Crippen molar-refractivity contribution in [3.05, 3.63) is 45.1 Å². The molecule has 2 N–H and O–H groups in total. The first-order valence-electron chi connectivity index (χ1n) is 6.03. The molecular formula is C14H17BrN2S. The van der Waals surface area contributed by atoms with E-state index in [9.17, 15) is 0 Å². The molecule has 0 saturated heterocycles. The zero-order valence-corrected chi connectivity index (χ0v) is 12.8. The van der Waals surface area contributed by atoms with Crippen molar-refractivity contribution in [2.75, 3.05) is 17.2 Å². The number of benzene rings is 1. The molecule has 2 nitrogen and oxygen atoms in total. The molecule has 0 aliphatic rings. The van der Waals surface area contributed by atoms with Gasteiger partial charge in [0.2, 0.25) is 0 Å². The molecule has 1 aromatic carbocycles. The number of hydrogen-bond acceptors (Lipinski definition) is 3. The largest absolute Gasteiger partial charge is 0.397 e. The Hall–Kier alpha value is -1.00. The summed E-state index contributed by atoms with van der Waals surface area (Å²) in [7, 11) is 0. The predicted octanol–water partition coefficient (Wildman–Crippen LogP) is 4.51. The van der Waals surface area contributed by atoms with E-state index in [4.69, 9.17) is 5.73 Å². The van der Waals surface area contributed by atoms with E-state index in [2.05, 4.69) is 45.3 Å². The highest BCUT2D eigenvalue weighted by molar-refractivity contribution is 9.10. The zero-order valence-electron chi connectivity index (χ0n) is 10.4. The van der Waals surface area contributed by atoms with E-state index in [1.807, 2.05) is 18.2 Å². The zero-order chi connectivity index (χ0) is 13.0. The van der Waals surface area contributed by atoms with Crippen molar-refractivity contribution in [1.82, 2.24) is 0 Å². The van der Waals surface area contributed by atoms with Gasteiger partial charge in [-0.25, -0.2) is 0 Å². The van der Waals surface area contributed by atoms with Gasteiger partial charge in [-0.1, -0.05) is 19.1 Å². The van der Waals surface area contributed by atoms with Crippen LogP contribution in [0, 0.1) is 0 Å². The molecule has 0 fully saturated rings. The van der Waals surface area contributed by atoms with Gasteiger partial charge < -0.3 is 10.6 Å². The minimum absolute atomic E-state index is 0.846. The molecule has 96 valence electrons. The third kappa shape index (κ3) is 3.06. The second-order valence-corrected chi connectivity index (χ2v) is 6.03. The third-order valence-electron chi connectivity index (χ3n) is 2.80. The number of thiophene rings is 1. The molecule has 2 aromatic rings. The van der Waals surface area contributed by atoms with Gasteiger partial charge in [0, 0.05) is 15.9 Å². The van der Waals surface area contributed by atoms with Crippen LogP contribution in [0.25, 0.3) is 0 Å². The summed E-state index contributed by atoms with van der Waals surface area (Å²) >= 11 is 5.36. The summed E-state index contributed by atoms with van der Waals surface area (Å²) in [5.74, 6) is 0. The summed E-state index contributed by atoms with van der Waals surface area (Å²) in [5.41, 5.74) is 8.04. The van der Waals surface area contributed by atoms with Crippen molar-refractivity contribution >= 4 is 38.6 Å². The number of rotatable bonds is 5. The maximum Gasteiger partial charge on any atom is 0.0603 e. The third-order valence-corrected chi connectivity index (χ3v) is 4.71. The first kappa shape index (κ1) is 13.4. The maximum absolute atomic E-state index is 6.07. The highest BCUT2D eigenvalue weighted by atomic mass is 79.9. The molecule has 0 unspecified atom stereocenters. The molecule has 1 heterocycles. The molecule has 0 aliphatic heterocycles. The van der Waals surface area contributed by atoms with Crippen molar-refractivity contribution in [2.45, 2.75) is 19.9 Å². The Labute approximate surface area is 121 Å². The molecule has 2 rings (SSSR count). The Bertz CT molecular complexity index is 510. The van der Waals surface area contributed by atoms with Gasteiger partial charge in [-0.2, -0.15) is 0 Å². The van der Waals surface area contributed by atoms with Crippen LogP contribution in [0.2, 0.25) is 0 Å². The lowest BCUT2D eigenvalue weighted by Crippen LogP contribution is -2.24. The summed E-state index contributed by atoms with van der Waals surface area (Å²) < 4.78 is 1.18. The van der Waals surface area contributed by atoms with E-state index < -0.39 is 0 Å². The lowest BCUT2D eigenvalue weighted by molar-refractivity contribution is 0.774. The van der Waals surface area contributed by atoms with E-state index >= 15 is 0 Å². The van der Waals surface area contributed by atoms with Crippen molar-refractivity contribution in [1.29, 1.82) is 0 Å². The van der Waals surface area contributed by atoms with Gasteiger partial charge in [0.1, 0.15) is 0 Å². The number of para-hydroxylation sites is 2. The number of nitrogens with two attached hydrogens (primary N) is 1. The number of hydrogen-bond donors (Lipinski definition) is 1. The molecule has 0 spiro atoms. The van der Waals surface area contributed by atoms with Crippen LogP contribution >= 0.6 is 27.3 Å². The van der Waals surface area contributed by atoms with Crippen LogP contribution in [0.3, 0.4) is 0 Å². The number of nitrogens with zero attached hydrogens (tertiary/aromatic N) is 1. The van der Waals surface area contributed by atoms with E-state index in [1.54, 1.807) is 11.3 Å². The number of halogens is 1. The summed E-state index contributed by atoms with van der Waals surface area (Å²) in [6.07, 6.45) is 1.11. The van der Waals surface area contributed by atoms with Gasteiger partial charge in [0.25, 0.3) is 0 Å². The number of anilines is 2. The minimum Gasteiger partial charge on any atom is -0.397 e. The van der Waals surface area contributed by atoms with E-state index in [1.165, 1.54) is 9.35 Å². The summed E-state index contributed by atoms with van der Waals surface area (Å²) in [6.45, 7) is 4.11. The van der Waals surface area contributed by atoms with Crippen LogP contribution in [0.4, 0.5) is 11.4 Å². The fourth-order valence-electron chi connectivity index (χ4n) is 1.94. The summed E-state index contributed by atoms with van der Waals surface area (Å²) in [6, 6.07) is 10.2. The van der Waals surface area contributed by atoms with Gasteiger partial charge in [-0.15, -0.1) is 11.3 Å². The first-order chi connectivity index (χ1) is 8.72. The molecule has 1 aromatic heterocycles. The highest BCUT2D eigenvalue weighted by Crippen LogP contribution is 2.29. The lowest BCUT2D eigenvalue weighted by Gasteiger charge is -2.25. The molecule has 0 radical (unpaired) electrons. The molecule has 0 bridgehead atoms. The van der Waals surface area contributed by atoms with Crippen molar-refractivity contribution < 1.29 is 0 Å². The quantitative estimate of drug-likeness (QED) is 0.820. The Balaban J connectivity index is 2.24. The normalized spacial score (nSPS) is 10.6. The Morgan fingerprint density at radius 1 is 1.28 bits per heavy atom. The Kier molecular flexibility index (Phi) is 4.66. The second kappa shape index (κ2) is 6.25. The predicted molar refractivity (Wildman–Crippen MR) is 84.2 cm³/mol. The van der Waals surface area contributed by atoms with E-state index in [0.717, 1.165) is 30.9 Å². The molecule has 0 atom stereocenters. The standard InChI is InChI=1S/C14H17BrN2S/c1-2-8-17(10-14-11(15)7-9-18-14)13-6-4-3-5-12(13)16/h3-7,9H,2,8,10,16H2,1H3. The smallest absolute Gasteiger partial charge is 0.0603 e. The molecule has 18 heavy (non-hydrogen) atoms. The molecule has 0 aliphatic carbocycles. The molecular weight excluding hydrogens is 308 g/mol. The van der Waals surface area contributed by atoms with E-state index in [0.29, 0.717) is 0 Å². The van der Waals surface area contributed by atoms with Crippen LogP contribution in [0.5, 0.6) is 0 Å². The summed E-state index contributed by atoms with van der Waals surface area (Å²) in [5, 5.41) is 2.11. The average molecular weight is 325 g/mol.